The lowest BCUT2D eigenvalue weighted by atomic mass is 10.2. The molecule has 0 saturated heterocycles. The van der Waals surface area contributed by atoms with Crippen LogP contribution in [0.1, 0.15) is 5.56 Å². The van der Waals surface area contributed by atoms with E-state index in [1.54, 1.807) is 0 Å². The predicted octanol–water partition coefficient (Wildman–Crippen LogP) is 4.63. The molecule has 0 fully saturated rings. The average Bonchev–Trinajstić information content (AvgIpc) is 2.16. The van der Waals surface area contributed by atoms with Gasteiger partial charge < -0.3 is 0 Å². The zero-order valence-corrected chi connectivity index (χ0v) is 9.47. The van der Waals surface area contributed by atoms with Crippen molar-refractivity contribution in [2.75, 3.05) is 0 Å². The van der Waals surface area contributed by atoms with Gasteiger partial charge in [-0.05, 0) is 6.07 Å². The van der Waals surface area contributed by atoms with Crippen LogP contribution in [0.4, 0.5) is 18.9 Å². The minimum absolute atomic E-state index is 0.337. The number of alkyl halides is 3. The molecule has 0 aliphatic heterocycles. The van der Waals surface area contributed by atoms with Crippen molar-refractivity contribution in [1.82, 2.24) is 0 Å². The highest BCUT2D eigenvalue weighted by Crippen LogP contribution is 2.45. The van der Waals surface area contributed by atoms with Crippen molar-refractivity contribution in [1.29, 1.82) is 0 Å². The molecule has 0 amide bonds. The number of nitrogens with zero attached hydrogens (tertiary/aromatic N) is 1. The molecule has 2 nitrogen and oxygen atoms in total. The van der Waals surface area contributed by atoms with Crippen molar-refractivity contribution < 1.29 is 18.0 Å². The Morgan fingerprint density at radius 3 is 2.19 bits per heavy atom. The van der Waals surface area contributed by atoms with Crippen LogP contribution in [0.3, 0.4) is 0 Å². The second-order valence-corrected chi connectivity index (χ2v) is 3.75. The van der Waals surface area contributed by atoms with Gasteiger partial charge in [0.15, 0.2) is 0 Å². The van der Waals surface area contributed by atoms with Gasteiger partial charge in [0.1, 0.15) is 5.69 Å². The van der Waals surface area contributed by atoms with Gasteiger partial charge in [-0.1, -0.05) is 34.8 Å². The Hall–Kier alpha value is -0.740. The highest BCUT2D eigenvalue weighted by Gasteiger charge is 2.35. The van der Waals surface area contributed by atoms with E-state index in [1.807, 2.05) is 0 Å². The maximum absolute atomic E-state index is 12.4. The second-order valence-electron chi connectivity index (χ2n) is 2.58. The number of carbonyl (C=O) groups excluding carboxylic acids is 1. The Kier molecular flexibility index (Phi) is 3.86. The maximum Gasteiger partial charge on any atom is 0.417 e. The summed E-state index contributed by atoms with van der Waals surface area (Å²) in [5.74, 6) is 0. The molecule has 0 aliphatic rings. The molecule has 86 valence electrons. The van der Waals surface area contributed by atoms with E-state index < -0.39 is 26.8 Å². The molecule has 0 heterocycles. The van der Waals surface area contributed by atoms with Crippen LogP contribution in [-0.2, 0) is 11.0 Å². The Morgan fingerprint density at radius 2 is 1.75 bits per heavy atom. The number of hydrogen-bond acceptors (Lipinski definition) is 2. The van der Waals surface area contributed by atoms with Crippen LogP contribution < -0.4 is 0 Å². The van der Waals surface area contributed by atoms with E-state index >= 15 is 0 Å². The predicted molar refractivity (Wildman–Crippen MR) is 54.3 cm³/mol. The highest BCUT2D eigenvalue weighted by molar-refractivity contribution is 6.46. The fourth-order valence-electron chi connectivity index (χ4n) is 0.940. The van der Waals surface area contributed by atoms with Crippen molar-refractivity contribution in [3.8, 4) is 0 Å². The highest BCUT2D eigenvalue weighted by atomic mass is 35.5. The first-order valence-corrected chi connectivity index (χ1v) is 4.75. The summed E-state index contributed by atoms with van der Waals surface area (Å²) in [6.45, 7) is 0. The standard InChI is InChI=1S/C8HCl3F3NO/c9-4-1-3(8(12,13)14)5(10)6(11)7(4)15-2-16/h1H. The maximum atomic E-state index is 12.4. The number of hydrogen-bond donors (Lipinski definition) is 0. The fourth-order valence-corrected chi connectivity index (χ4v) is 1.73. The summed E-state index contributed by atoms with van der Waals surface area (Å²) in [4.78, 5) is 13.1. The number of isocyanates is 1. The van der Waals surface area contributed by atoms with Gasteiger partial charge in [0, 0.05) is 0 Å². The first-order chi connectivity index (χ1) is 7.29. The van der Waals surface area contributed by atoms with Crippen molar-refractivity contribution in [3.05, 3.63) is 26.7 Å². The van der Waals surface area contributed by atoms with E-state index in [-0.39, 0.29) is 5.69 Å². The summed E-state index contributed by atoms with van der Waals surface area (Å²) in [7, 11) is 0. The largest absolute Gasteiger partial charge is 0.417 e. The third kappa shape index (κ3) is 2.50. The minimum Gasteiger partial charge on any atom is -0.211 e. The summed E-state index contributed by atoms with van der Waals surface area (Å²) >= 11 is 16.4. The third-order valence-corrected chi connectivity index (χ3v) is 2.74. The molecule has 0 bridgehead atoms. The molecular weight excluding hydrogens is 289 g/mol. The molecule has 1 aromatic rings. The lowest BCUT2D eigenvalue weighted by molar-refractivity contribution is -0.137. The van der Waals surface area contributed by atoms with Gasteiger partial charge in [-0.3, -0.25) is 0 Å². The minimum atomic E-state index is -4.69. The van der Waals surface area contributed by atoms with E-state index in [4.69, 9.17) is 34.8 Å². The van der Waals surface area contributed by atoms with E-state index in [9.17, 15) is 18.0 Å². The summed E-state index contributed by atoms with van der Waals surface area (Å²) < 4.78 is 37.2. The molecular formula is C8HCl3F3NO. The molecule has 1 rings (SSSR count). The van der Waals surface area contributed by atoms with Crippen LogP contribution in [0.5, 0.6) is 0 Å². The Bertz CT molecular complexity index is 480. The lowest BCUT2D eigenvalue weighted by Crippen LogP contribution is -2.06. The molecule has 8 heteroatoms. The van der Waals surface area contributed by atoms with Gasteiger partial charge in [0.2, 0.25) is 6.08 Å². The van der Waals surface area contributed by atoms with E-state index in [1.165, 1.54) is 0 Å². The van der Waals surface area contributed by atoms with Gasteiger partial charge in [-0.2, -0.15) is 18.2 Å². The SMILES string of the molecule is O=C=Nc1c(Cl)cc(C(F)(F)F)c(Cl)c1Cl. The molecule has 0 unspecified atom stereocenters. The van der Waals surface area contributed by atoms with Gasteiger partial charge in [-0.25, -0.2) is 4.79 Å². The van der Waals surface area contributed by atoms with Crippen LogP contribution in [0, 0.1) is 0 Å². The average molecular weight is 290 g/mol. The molecule has 0 radical (unpaired) electrons. The Balaban J connectivity index is 3.57. The van der Waals surface area contributed by atoms with Gasteiger partial charge >= 0.3 is 6.18 Å². The number of benzene rings is 1. The molecule has 0 saturated carbocycles. The van der Waals surface area contributed by atoms with E-state index in [2.05, 4.69) is 4.99 Å². The van der Waals surface area contributed by atoms with Crippen LogP contribution in [-0.4, -0.2) is 6.08 Å². The van der Waals surface area contributed by atoms with Gasteiger partial charge in [0.05, 0.1) is 20.6 Å². The summed E-state index contributed by atoms with van der Waals surface area (Å²) in [6, 6.07) is 0.548. The Morgan fingerprint density at radius 1 is 1.19 bits per heavy atom. The van der Waals surface area contributed by atoms with Crippen molar-refractivity contribution in [2.24, 2.45) is 4.99 Å². The Labute approximate surface area is 103 Å². The second kappa shape index (κ2) is 4.63. The van der Waals surface area contributed by atoms with E-state index in [0.717, 1.165) is 6.08 Å². The summed E-state index contributed by atoms with van der Waals surface area (Å²) in [5.41, 5.74) is -1.52. The monoisotopic (exact) mass is 289 g/mol. The van der Waals surface area contributed by atoms with Crippen LogP contribution in [0.15, 0.2) is 11.1 Å². The van der Waals surface area contributed by atoms with Crippen LogP contribution in [0.2, 0.25) is 15.1 Å². The zero-order valence-electron chi connectivity index (χ0n) is 7.20. The zero-order chi connectivity index (χ0) is 12.5. The first kappa shape index (κ1) is 13.3. The lowest BCUT2D eigenvalue weighted by Gasteiger charge is -2.11. The molecule has 16 heavy (non-hydrogen) atoms. The molecule has 0 N–H and O–H groups in total. The van der Waals surface area contributed by atoms with Crippen LogP contribution in [0.25, 0.3) is 0 Å². The molecule has 0 atom stereocenters. The topological polar surface area (TPSA) is 29.4 Å². The molecule has 1 aromatic carbocycles. The quantitative estimate of drug-likeness (QED) is 0.421. The van der Waals surface area contributed by atoms with Crippen molar-refractivity contribution >= 4 is 46.6 Å². The molecule has 0 spiro atoms. The number of halogens is 6. The molecule has 0 aromatic heterocycles. The smallest absolute Gasteiger partial charge is 0.211 e. The fraction of sp³-hybridized carbons (Fsp3) is 0.125. The van der Waals surface area contributed by atoms with Crippen molar-refractivity contribution in [3.63, 3.8) is 0 Å². The van der Waals surface area contributed by atoms with Crippen LogP contribution >= 0.6 is 34.8 Å². The molecule has 0 aliphatic carbocycles. The summed E-state index contributed by atoms with van der Waals surface area (Å²) in [5, 5.41) is -1.72. The number of aliphatic imine (C=N–C) groups is 1. The third-order valence-electron chi connectivity index (χ3n) is 1.60. The van der Waals surface area contributed by atoms with Gasteiger partial charge in [0.25, 0.3) is 0 Å². The summed E-state index contributed by atoms with van der Waals surface area (Å²) in [6.07, 6.45) is -3.57. The normalized spacial score (nSPS) is 11.1. The van der Waals surface area contributed by atoms with E-state index in [0.29, 0.717) is 6.07 Å². The van der Waals surface area contributed by atoms with Gasteiger partial charge in [-0.15, -0.1) is 0 Å². The van der Waals surface area contributed by atoms with Crippen molar-refractivity contribution in [2.45, 2.75) is 6.18 Å². The first-order valence-electron chi connectivity index (χ1n) is 3.61. The number of rotatable bonds is 1.